The Balaban J connectivity index is 0.00000261. The van der Waals surface area contributed by atoms with Crippen LogP contribution in [0.4, 0.5) is 13.2 Å². The third kappa shape index (κ3) is 5.15. The largest absolute Gasteiger partial charge is 0.416 e. The predicted molar refractivity (Wildman–Crippen MR) is 98.7 cm³/mol. The van der Waals surface area contributed by atoms with Crippen molar-refractivity contribution in [2.45, 2.75) is 49.7 Å². The van der Waals surface area contributed by atoms with Crippen LogP contribution in [0.25, 0.3) is 0 Å². The van der Waals surface area contributed by atoms with Crippen molar-refractivity contribution in [1.82, 2.24) is 5.32 Å². The number of ether oxygens (including phenoxy) is 1. The summed E-state index contributed by atoms with van der Waals surface area (Å²) in [5.41, 5.74) is 5.29. The summed E-state index contributed by atoms with van der Waals surface area (Å²) in [4.78, 5) is 12.5. The summed E-state index contributed by atoms with van der Waals surface area (Å²) in [7, 11) is 0. The smallest absolute Gasteiger partial charge is 0.381 e. The fourth-order valence-electron chi connectivity index (χ4n) is 4.01. The van der Waals surface area contributed by atoms with Crippen LogP contribution < -0.4 is 11.1 Å². The Hall–Kier alpha value is -1.31. The Bertz CT molecular complexity index is 648. The molecule has 8 heteroatoms. The van der Waals surface area contributed by atoms with Gasteiger partial charge >= 0.3 is 6.18 Å². The number of alkyl halides is 3. The topological polar surface area (TPSA) is 64.4 Å². The first-order chi connectivity index (χ1) is 12.3. The van der Waals surface area contributed by atoms with E-state index in [0.717, 1.165) is 18.9 Å². The first-order valence-corrected chi connectivity index (χ1v) is 9.09. The van der Waals surface area contributed by atoms with E-state index in [2.05, 4.69) is 5.32 Å². The molecule has 1 amide bonds. The zero-order valence-electron chi connectivity index (χ0n) is 15.1. The lowest BCUT2D eigenvalue weighted by molar-refractivity contribution is -0.137. The van der Waals surface area contributed by atoms with Gasteiger partial charge in [0.05, 0.1) is 5.56 Å². The summed E-state index contributed by atoms with van der Waals surface area (Å²) < 4.78 is 44.7. The quantitative estimate of drug-likeness (QED) is 0.805. The first kappa shape index (κ1) is 22.0. The number of carbonyl (C=O) groups is 1. The van der Waals surface area contributed by atoms with E-state index in [4.69, 9.17) is 10.5 Å². The highest BCUT2D eigenvalue weighted by Gasteiger charge is 2.38. The fraction of sp³-hybridized carbons (Fsp3) is 0.632. The molecule has 27 heavy (non-hydrogen) atoms. The number of hydrogen-bond acceptors (Lipinski definition) is 3. The highest BCUT2D eigenvalue weighted by Crippen LogP contribution is 2.38. The average Bonchev–Trinajstić information content (AvgIpc) is 3.06. The molecule has 1 aromatic rings. The van der Waals surface area contributed by atoms with Crippen molar-refractivity contribution in [2.75, 3.05) is 19.8 Å². The molecule has 1 saturated heterocycles. The SMILES string of the molecule is Cl.NC1CCC(C(=O)NCC2(c3cccc(C(F)(F)F)c3)CCOCC2)C1. The normalized spacial score (nSPS) is 24.9. The fourth-order valence-corrected chi connectivity index (χ4v) is 4.01. The maximum absolute atomic E-state index is 13.1. The van der Waals surface area contributed by atoms with Gasteiger partial charge in [-0.1, -0.05) is 18.2 Å². The van der Waals surface area contributed by atoms with Gasteiger partial charge in [0.2, 0.25) is 5.91 Å². The van der Waals surface area contributed by atoms with E-state index < -0.39 is 17.2 Å². The van der Waals surface area contributed by atoms with Gasteiger partial charge in [0.15, 0.2) is 0 Å². The molecule has 0 spiro atoms. The second-order valence-corrected chi connectivity index (χ2v) is 7.46. The monoisotopic (exact) mass is 406 g/mol. The summed E-state index contributed by atoms with van der Waals surface area (Å²) in [5.74, 6) is -0.140. The van der Waals surface area contributed by atoms with Crippen molar-refractivity contribution in [1.29, 1.82) is 0 Å². The van der Waals surface area contributed by atoms with Gasteiger partial charge in [-0.2, -0.15) is 13.2 Å². The first-order valence-electron chi connectivity index (χ1n) is 9.09. The van der Waals surface area contributed by atoms with E-state index in [1.54, 1.807) is 6.07 Å². The number of halogens is 4. The molecule has 0 aromatic heterocycles. The van der Waals surface area contributed by atoms with Crippen molar-refractivity contribution in [2.24, 2.45) is 11.7 Å². The van der Waals surface area contributed by atoms with Crippen LogP contribution in [0.15, 0.2) is 24.3 Å². The minimum atomic E-state index is -4.38. The maximum Gasteiger partial charge on any atom is 0.416 e. The van der Waals surface area contributed by atoms with Gasteiger partial charge in [-0.15, -0.1) is 12.4 Å². The van der Waals surface area contributed by atoms with E-state index in [1.165, 1.54) is 12.1 Å². The van der Waals surface area contributed by atoms with Crippen LogP contribution in [0, 0.1) is 5.92 Å². The zero-order valence-corrected chi connectivity index (χ0v) is 15.9. The molecule has 1 aliphatic heterocycles. The molecule has 3 rings (SSSR count). The lowest BCUT2D eigenvalue weighted by Crippen LogP contribution is -2.46. The molecule has 2 unspecified atom stereocenters. The number of hydrogen-bond donors (Lipinski definition) is 2. The van der Waals surface area contributed by atoms with Gasteiger partial charge in [0.1, 0.15) is 0 Å². The van der Waals surface area contributed by atoms with Crippen LogP contribution in [-0.2, 0) is 21.1 Å². The van der Waals surface area contributed by atoms with Crippen LogP contribution in [0.3, 0.4) is 0 Å². The van der Waals surface area contributed by atoms with E-state index >= 15 is 0 Å². The van der Waals surface area contributed by atoms with Crippen LogP contribution in [-0.4, -0.2) is 31.7 Å². The molecule has 1 heterocycles. The Morgan fingerprint density at radius 2 is 1.96 bits per heavy atom. The summed E-state index contributed by atoms with van der Waals surface area (Å²) in [6.45, 7) is 1.27. The third-order valence-electron chi connectivity index (χ3n) is 5.70. The van der Waals surface area contributed by atoms with Crippen LogP contribution in [0.5, 0.6) is 0 Å². The Labute approximate surface area is 163 Å². The van der Waals surface area contributed by atoms with E-state index in [0.29, 0.717) is 44.6 Å². The van der Waals surface area contributed by atoms with E-state index in [9.17, 15) is 18.0 Å². The minimum Gasteiger partial charge on any atom is -0.381 e. The number of amides is 1. The maximum atomic E-state index is 13.1. The number of nitrogens with one attached hydrogen (secondary N) is 1. The van der Waals surface area contributed by atoms with Gasteiger partial charge < -0.3 is 15.8 Å². The van der Waals surface area contributed by atoms with Crippen LogP contribution in [0.2, 0.25) is 0 Å². The predicted octanol–water partition coefficient (Wildman–Crippen LogP) is 3.42. The molecule has 2 atom stereocenters. The molecule has 152 valence electrons. The van der Waals surface area contributed by atoms with E-state index in [-0.39, 0.29) is 30.3 Å². The molecule has 1 aromatic carbocycles. The van der Waals surface area contributed by atoms with Gasteiger partial charge in [0.25, 0.3) is 0 Å². The summed E-state index contributed by atoms with van der Waals surface area (Å²) >= 11 is 0. The van der Waals surface area contributed by atoms with E-state index in [1.807, 2.05) is 0 Å². The minimum absolute atomic E-state index is 0. The van der Waals surface area contributed by atoms with Crippen LogP contribution >= 0.6 is 12.4 Å². The average molecular weight is 407 g/mol. The molecule has 0 bridgehead atoms. The van der Waals surface area contributed by atoms with Crippen molar-refractivity contribution < 1.29 is 22.7 Å². The van der Waals surface area contributed by atoms with Gasteiger partial charge in [-0.25, -0.2) is 0 Å². The molecule has 1 aliphatic carbocycles. The van der Waals surface area contributed by atoms with Gasteiger partial charge in [-0.05, 0) is 43.7 Å². The van der Waals surface area contributed by atoms with Crippen molar-refractivity contribution >= 4 is 18.3 Å². The molecule has 4 nitrogen and oxygen atoms in total. The lowest BCUT2D eigenvalue weighted by Gasteiger charge is -2.38. The Kier molecular flexibility index (Phi) is 7.16. The number of nitrogens with two attached hydrogens (primary N) is 1. The molecule has 2 aliphatic rings. The highest BCUT2D eigenvalue weighted by molar-refractivity contribution is 5.85. The van der Waals surface area contributed by atoms with Crippen molar-refractivity contribution in [3.63, 3.8) is 0 Å². The second-order valence-electron chi connectivity index (χ2n) is 7.46. The molecule has 1 saturated carbocycles. The zero-order chi connectivity index (χ0) is 18.8. The number of carbonyl (C=O) groups excluding carboxylic acids is 1. The Morgan fingerprint density at radius 1 is 1.26 bits per heavy atom. The molecular formula is C19H26ClF3N2O2. The van der Waals surface area contributed by atoms with Crippen molar-refractivity contribution in [3.05, 3.63) is 35.4 Å². The molecular weight excluding hydrogens is 381 g/mol. The number of benzene rings is 1. The molecule has 3 N–H and O–H groups in total. The molecule has 2 fully saturated rings. The third-order valence-corrected chi connectivity index (χ3v) is 5.70. The van der Waals surface area contributed by atoms with Crippen molar-refractivity contribution in [3.8, 4) is 0 Å². The highest BCUT2D eigenvalue weighted by atomic mass is 35.5. The lowest BCUT2D eigenvalue weighted by atomic mass is 9.73. The van der Waals surface area contributed by atoms with Gasteiger partial charge in [0, 0.05) is 37.1 Å². The summed E-state index contributed by atoms with van der Waals surface area (Å²) in [6.07, 6.45) is -0.938. The van der Waals surface area contributed by atoms with Crippen LogP contribution in [0.1, 0.15) is 43.2 Å². The second kappa shape index (κ2) is 8.80. The standard InChI is InChI=1S/C19H25F3N2O2.ClH/c20-19(21,22)15-3-1-2-14(11-15)18(6-8-26-9-7-18)12-24-17(25)13-4-5-16(23)10-13;/h1-3,11,13,16H,4-10,12,23H2,(H,24,25);1H. The summed E-state index contributed by atoms with van der Waals surface area (Å²) in [6, 6.07) is 5.51. The number of rotatable bonds is 4. The summed E-state index contributed by atoms with van der Waals surface area (Å²) in [5, 5.41) is 2.98. The molecule has 0 radical (unpaired) electrons. The van der Waals surface area contributed by atoms with Gasteiger partial charge in [-0.3, -0.25) is 4.79 Å². The Morgan fingerprint density at radius 3 is 2.56 bits per heavy atom.